The first-order valence-electron chi connectivity index (χ1n) is 6.10. The molecule has 0 fully saturated rings. The Balaban J connectivity index is 2.31. The van der Waals surface area contributed by atoms with Gasteiger partial charge in [0.25, 0.3) is 0 Å². The normalized spacial score (nSPS) is 9.63. The van der Waals surface area contributed by atoms with Gasteiger partial charge in [0.15, 0.2) is 0 Å². The first-order valence-corrected chi connectivity index (χ1v) is 6.10. The quantitative estimate of drug-likeness (QED) is 0.762. The lowest BCUT2D eigenvalue weighted by atomic mass is 10.2. The Kier molecular flexibility index (Phi) is 4.30. The lowest BCUT2D eigenvalue weighted by Crippen LogP contribution is -2.17. The lowest BCUT2D eigenvalue weighted by molar-refractivity contribution is 0.112. The van der Waals surface area contributed by atoms with Crippen molar-refractivity contribution in [3.8, 4) is 6.07 Å². The van der Waals surface area contributed by atoms with Crippen molar-refractivity contribution in [2.75, 3.05) is 11.4 Å². The number of carbonyl (C=O) groups is 1. The van der Waals surface area contributed by atoms with Crippen LogP contribution in [0.2, 0.25) is 0 Å². The highest BCUT2D eigenvalue weighted by Gasteiger charge is 2.08. The summed E-state index contributed by atoms with van der Waals surface area (Å²) in [7, 11) is 0. The van der Waals surface area contributed by atoms with Gasteiger partial charge < -0.3 is 4.90 Å². The van der Waals surface area contributed by atoms with Gasteiger partial charge in [0.2, 0.25) is 0 Å². The minimum absolute atomic E-state index is 0.449. The van der Waals surface area contributed by atoms with Crippen LogP contribution in [-0.4, -0.2) is 12.8 Å². The number of nitriles is 1. The number of benzene rings is 2. The van der Waals surface area contributed by atoms with Crippen LogP contribution in [0.5, 0.6) is 0 Å². The fourth-order valence-corrected chi connectivity index (χ4v) is 1.91. The highest BCUT2D eigenvalue weighted by atomic mass is 16.1. The molecule has 0 bridgehead atoms. The zero-order chi connectivity index (χ0) is 13.5. The second-order valence-electron chi connectivity index (χ2n) is 4.10. The molecule has 0 aliphatic rings. The van der Waals surface area contributed by atoms with Gasteiger partial charge in [0, 0.05) is 23.5 Å². The first kappa shape index (κ1) is 12.8. The van der Waals surface area contributed by atoms with E-state index in [-0.39, 0.29) is 0 Å². The number of anilines is 2. The molecule has 0 amide bonds. The molecule has 0 aliphatic heterocycles. The molecule has 0 N–H and O–H groups in total. The summed E-state index contributed by atoms with van der Waals surface area (Å²) in [6, 6.07) is 19.4. The van der Waals surface area contributed by atoms with Gasteiger partial charge in [-0.15, -0.1) is 0 Å². The molecule has 0 radical (unpaired) electrons. The van der Waals surface area contributed by atoms with Crippen LogP contribution >= 0.6 is 0 Å². The van der Waals surface area contributed by atoms with E-state index in [1.54, 1.807) is 12.1 Å². The molecule has 2 aromatic carbocycles. The summed E-state index contributed by atoms with van der Waals surface area (Å²) in [5, 5.41) is 8.77. The molecule has 0 heterocycles. The molecule has 0 saturated heterocycles. The first-order chi connectivity index (χ1) is 9.35. The molecule has 94 valence electrons. The molecule has 0 unspecified atom stereocenters. The summed E-state index contributed by atoms with van der Waals surface area (Å²) >= 11 is 0. The second kappa shape index (κ2) is 6.36. The average molecular weight is 250 g/mol. The smallest absolute Gasteiger partial charge is 0.150 e. The summed E-state index contributed by atoms with van der Waals surface area (Å²) in [4.78, 5) is 12.7. The summed E-state index contributed by atoms with van der Waals surface area (Å²) in [5.74, 6) is 0. The Hall–Kier alpha value is -2.60. The van der Waals surface area contributed by atoms with Gasteiger partial charge in [0.1, 0.15) is 6.29 Å². The van der Waals surface area contributed by atoms with Crippen LogP contribution in [0.1, 0.15) is 16.8 Å². The van der Waals surface area contributed by atoms with Crippen molar-refractivity contribution >= 4 is 17.7 Å². The average Bonchev–Trinajstić information content (AvgIpc) is 2.49. The number of nitrogens with zero attached hydrogens (tertiary/aromatic N) is 2. The van der Waals surface area contributed by atoms with E-state index in [0.29, 0.717) is 18.5 Å². The van der Waals surface area contributed by atoms with Crippen molar-refractivity contribution in [2.24, 2.45) is 0 Å². The van der Waals surface area contributed by atoms with Gasteiger partial charge in [-0.25, -0.2) is 0 Å². The van der Waals surface area contributed by atoms with Crippen molar-refractivity contribution in [1.29, 1.82) is 5.26 Å². The van der Waals surface area contributed by atoms with Crippen molar-refractivity contribution in [3.05, 3.63) is 60.2 Å². The molecular weight excluding hydrogens is 236 g/mol. The van der Waals surface area contributed by atoms with Gasteiger partial charge >= 0.3 is 0 Å². The van der Waals surface area contributed by atoms with E-state index >= 15 is 0 Å². The highest BCUT2D eigenvalue weighted by molar-refractivity contribution is 5.76. The molecule has 3 nitrogen and oxygen atoms in total. The zero-order valence-corrected chi connectivity index (χ0v) is 10.5. The Morgan fingerprint density at radius 1 is 1.00 bits per heavy atom. The zero-order valence-electron chi connectivity index (χ0n) is 10.5. The van der Waals surface area contributed by atoms with Crippen LogP contribution in [0, 0.1) is 11.3 Å². The summed E-state index contributed by atoms with van der Waals surface area (Å²) < 4.78 is 0. The number of rotatable bonds is 5. The number of carbonyl (C=O) groups excluding carboxylic acids is 1. The third kappa shape index (κ3) is 3.20. The lowest BCUT2D eigenvalue weighted by Gasteiger charge is -2.24. The van der Waals surface area contributed by atoms with Gasteiger partial charge in [-0.2, -0.15) is 5.26 Å². The molecule has 2 rings (SSSR count). The van der Waals surface area contributed by atoms with Gasteiger partial charge in [-0.3, -0.25) is 4.79 Å². The molecule has 19 heavy (non-hydrogen) atoms. The predicted molar refractivity (Wildman–Crippen MR) is 75.5 cm³/mol. The van der Waals surface area contributed by atoms with Gasteiger partial charge in [-0.1, -0.05) is 18.2 Å². The third-order valence-electron chi connectivity index (χ3n) is 2.86. The molecule has 0 spiro atoms. The third-order valence-corrected chi connectivity index (χ3v) is 2.86. The topological polar surface area (TPSA) is 44.1 Å². The van der Waals surface area contributed by atoms with Crippen LogP contribution in [0.25, 0.3) is 0 Å². The standard InChI is InChI=1S/C16H14N2O/c17-11-4-12-18(15-5-2-1-3-6-15)16-9-7-14(13-19)8-10-16/h1-3,5-10,13H,4,12H2. The summed E-state index contributed by atoms with van der Waals surface area (Å²) in [5.41, 5.74) is 2.67. The monoisotopic (exact) mass is 250 g/mol. The predicted octanol–water partition coefficient (Wildman–Crippen LogP) is 3.55. The second-order valence-corrected chi connectivity index (χ2v) is 4.10. The number of aldehydes is 1. The number of hydrogen-bond acceptors (Lipinski definition) is 3. The fraction of sp³-hybridized carbons (Fsp3) is 0.125. The maximum absolute atomic E-state index is 10.7. The van der Waals surface area contributed by atoms with Crippen LogP contribution in [0.3, 0.4) is 0 Å². The van der Waals surface area contributed by atoms with E-state index < -0.39 is 0 Å². The molecule has 0 aliphatic carbocycles. The largest absolute Gasteiger partial charge is 0.340 e. The van der Waals surface area contributed by atoms with E-state index in [0.717, 1.165) is 17.7 Å². The molecule has 0 aromatic heterocycles. The number of para-hydroxylation sites is 1. The van der Waals surface area contributed by atoms with E-state index in [1.807, 2.05) is 42.5 Å². The van der Waals surface area contributed by atoms with Crippen molar-refractivity contribution in [3.63, 3.8) is 0 Å². The minimum Gasteiger partial charge on any atom is -0.340 e. The summed E-state index contributed by atoms with van der Waals surface area (Å²) in [6.45, 7) is 0.626. The Morgan fingerprint density at radius 3 is 2.21 bits per heavy atom. The van der Waals surface area contributed by atoms with Crippen LogP contribution < -0.4 is 4.90 Å². The van der Waals surface area contributed by atoms with E-state index in [9.17, 15) is 4.79 Å². The van der Waals surface area contributed by atoms with Crippen LogP contribution in [0.15, 0.2) is 54.6 Å². The molecule has 3 heteroatoms. The Labute approximate surface area is 112 Å². The Morgan fingerprint density at radius 2 is 1.63 bits per heavy atom. The molecule has 0 atom stereocenters. The van der Waals surface area contributed by atoms with E-state index in [2.05, 4.69) is 11.0 Å². The van der Waals surface area contributed by atoms with E-state index in [4.69, 9.17) is 5.26 Å². The number of hydrogen-bond donors (Lipinski definition) is 0. The molecule has 0 saturated carbocycles. The Bertz CT molecular complexity index is 570. The van der Waals surface area contributed by atoms with Gasteiger partial charge in [-0.05, 0) is 36.4 Å². The van der Waals surface area contributed by atoms with Crippen LogP contribution in [-0.2, 0) is 0 Å². The SMILES string of the molecule is N#CCCN(c1ccccc1)c1ccc(C=O)cc1. The summed E-state index contributed by atoms with van der Waals surface area (Å²) in [6.07, 6.45) is 1.27. The maximum atomic E-state index is 10.7. The highest BCUT2D eigenvalue weighted by Crippen LogP contribution is 2.25. The van der Waals surface area contributed by atoms with Crippen molar-refractivity contribution in [2.45, 2.75) is 6.42 Å². The maximum Gasteiger partial charge on any atom is 0.150 e. The van der Waals surface area contributed by atoms with Gasteiger partial charge in [0.05, 0.1) is 12.5 Å². The molecular formula is C16H14N2O. The van der Waals surface area contributed by atoms with Crippen LogP contribution in [0.4, 0.5) is 11.4 Å². The van der Waals surface area contributed by atoms with Crippen molar-refractivity contribution in [1.82, 2.24) is 0 Å². The van der Waals surface area contributed by atoms with E-state index in [1.165, 1.54) is 0 Å². The van der Waals surface area contributed by atoms with Crippen molar-refractivity contribution < 1.29 is 4.79 Å². The fourth-order valence-electron chi connectivity index (χ4n) is 1.91. The molecule has 2 aromatic rings. The minimum atomic E-state index is 0.449.